The summed E-state index contributed by atoms with van der Waals surface area (Å²) in [7, 11) is -15.0. The molecule has 0 aliphatic heterocycles. The molecule has 21 heteroatoms. The summed E-state index contributed by atoms with van der Waals surface area (Å²) >= 11 is 0. The van der Waals surface area contributed by atoms with Gasteiger partial charge < -0.3 is 15.5 Å². The minimum Gasteiger partial charge on any atom is -0.506 e. The van der Waals surface area contributed by atoms with Crippen molar-refractivity contribution in [2.24, 2.45) is 10.2 Å². The van der Waals surface area contributed by atoms with Gasteiger partial charge in [0.25, 0.3) is 30.4 Å². The van der Waals surface area contributed by atoms with Gasteiger partial charge in [0.2, 0.25) is 11.6 Å². The Balaban J connectivity index is 1.12. The van der Waals surface area contributed by atoms with Gasteiger partial charge in [0.05, 0.1) is 16.9 Å². The van der Waals surface area contributed by atoms with E-state index in [4.69, 9.17) is 0 Å². The van der Waals surface area contributed by atoms with Gasteiger partial charge in [-0.25, -0.2) is 0 Å². The molecule has 0 aromatic heterocycles. The molecule has 59 heavy (non-hydrogen) atoms. The quantitative estimate of drug-likeness (QED) is 0.0486. The van der Waals surface area contributed by atoms with E-state index in [1.807, 2.05) is 30.3 Å². The fourth-order valence-corrected chi connectivity index (χ4v) is 8.16. The van der Waals surface area contributed by atoms with E-state index < -0.39 is 85.1 Å². The second-order valence-corrected chi connectivity index (χ2v) is 16.9. The lowest BCUT2D eigenvalue weighted by Gasteiger charge is -2.18. The monoisotopic (exact) mass is 857 g/mol. The Bertz CT molecular complexity index is 3110. The summed E-state index contributed by atoms with van der Waals surface area (Å²) in [6.45, 7) is 0. The van der Waals surface area contributed by atoms with E-state index in [1.165, 1.54) is 54.6 Å². The number of anilines is 4. The molecule has 18 nitrogen and oxygen atoms in total. The number of fused-ring (bicyclic) bond motifs is 2. The maximum absolute atomic E-state index is 13.5. The minimum absolute atomic E-state index is 0.0890. The summed E-state index contributed by atoms with van der Waals surface area (Å²) in [4.78, 5) is 24.2. The fourth-order valence-electron chi connectivity index (χ4n) is 6.12. The van der Waals surface area contributed by atoms with Crippen LogP contribution in [0.1, 0.15) is 31.8 Å². The lowest BCUT2D eigenvalue weighted by atomic mass is 9.94. The van der Waals surface area contributed by atoms with Crippen LogP contribution in [0.15, 0.2) is 128 Å². The number of hydrogen-bond acceptors (Lipinski definition) is 15. The summed E-state index contributed by atoms with van der Waals surface area (Å²) in [5, 5.41) is 32.4. The van der Waals surface area contributed by atoms with Crippen molar-refractivity contribution in [2.75, 3.05) is 16.2 Å². The number of benzene rings is 5. The molecule has 300 valence electrons. The van der Waals surface area contributed by atoms with Gasteiger partial charge >= 0.3 is 0 Å². The number of nitrogens with zero attached hydrogens (tertiary/aromatic N) is 2. The Labute approximate surface area is 334 Å². The van der Waals surface area contributed by atoms with Gasteiger partial charge in [-0.05, 0) is 95.1 Å². The molecule has 5 aromatic rings. The van der Waals surface area contributed by atoms with Gasteiger partial charge in [0.1, 0.15) is 26.2 Å². The van der Waals surface area contributed by atoms with Gasteiger partial charge in [-0.15, -0.1) is 0 Å². The van der Waals surface area contributed by atoms with Gasteiger partial charge in [0, 0.05) is 16.9 Å². The van der Waals surface area contributed by atoms with Crippen LogP contribution >= 0.6 is 0 Å². The first-order valence-corrected chi connectivity index (χ1v) is 21.0. The van der Waals surface area contributed by atoms with Crippen molar-refractivity contribution in [3.05, 3.63) is 135 Å². The summed E-state index contributed by atoms with van der Waals surface area (Å²) in [5.41, 5.74) is 4.20. The van der Waals surface area contributed by atoms with Gasteiger partial charge in [-0.2, -0.15) is 35.5 Å². The molecule has 0 amide bonds. The molecule has 0 saturated heterocycles. The third-order valence-electron chi connectivity index (χ3n) is 8.85. The van der Waals surface area contributed by atoms with Crippen LogP contribution in [0.5, 0.6) is 11.5 Å². The van der Waals surface area contributed by atoms with E-state index in [2.05, 4.69) is 26.4 Å². The number of hydrazone groups is 2. The molecule has 8 N–H and O–H groups in total. The molecule has 0 bridgehead atoms. The van der Waals surface area contributed by atoms with Crippen molar-refractivity contribution in [1.29, 1.82) is 0 Å². The number of Topliss-reactive ketones (excluding diaryl/α,β-unsaturated/α-hetero) is 2. The Morgan fingerprint density at radius 2 is 1.05 bits per heavy atom. The van der Waals surface area contributed by atoms with E-state index in [-0.39, 0.29) is 28.1 Å². The average molecular weight is 858 g/mol. The highest BCUT2D eigenvalue weighted by Gasteiger charge is 2.37. The van der Waals surface area contributed by atoms with E-state index >= 15 is 0 Å². The number of carbonyl (C=O) groups is 2. The van der Waals surface area contributed by atoms with Crippen LogP contribution in [0, 0.1) is 0 Å². The number of ketones is 2. The van der Waals surface area contributed by atoms with E-state index in [9.17, 15) is 58.7 Å². The molecule has 7 rings (SSSR count). The molecule has 0 spiro atoms. The highest BCUT2D eigenvalue weighted by Crippen LogP contribution is 2.36. The summed E-state index contributed by atoms with van der Waals surface area (Å²) < 4.78 is 103. The Hall–Kier alpha value is -7.01. The molecule has 0 radical (unpaired) electrons. The average Bonchev–Trinajstić information content (AvgIpc) is 3.17. The van der Waals surface area contributed by atoms with Crippen molar-refractivity contribution in [3.8, 4) is 22.6 Å². The smallest absolute Gasteiger partial charge is 0.296 e. The molecular formula is C38H27N5O13S3. The van der Waals surface area contributed by atoms with Crippen LogP contribution in [-0.4, -0.2) is 72.1 Å². The van der Waals surface area contributed by atoms with Crippen LogP contribution in [0.2, 0.25) is 0 Å². The zero-order valence-corrected chi connectivity index (χ0v) is 32.0. The van der Waals surface area contributed by atoms with Crippen LogP contribution in [0.3, 0.4) is 0 Å². The highest BCUT2D eigenvalue weighted by molar-refractivity contribution is 7.91. The molecule has 0 unspecified atom stereocenters. The number of rotatable bonds is 10. The maximum atomic E-state index is 13.5. The summed E-state index contributed by atoms with van der Waals surface area (Å²) in [6.07, 6.45) is 1.89. The SMILES string of the molecule is O=C1/C(=N/Nc2ccc(-c3ccc(N/N=C4/C(=O)c5c(cccc5S(=O)(=O)O)C=C4S(=O)(=O)O)c(O)c3)cc2O)C(S(=O)(=O)O)=Cc2cc(Nc3ccccc3)ccc21. The Morgan fingerprint density at radius 3 is 1.58 bits per heavy atom. The number of para-hydroxylation sites is 1. The number of allylic oxidation sites excluding steroid dienone is 2. The maximum Gasteiger partial charge on any atom is 0.296 e. The molecule has 2 aliphatic carbocycles. The van der Waals surface area contributed by atoms with E-state index in [1.54, 1.807) is 6.07 Å². The van der Waals surface area contributed by atoms with Crippen molar-refractivity contribution >= 4 is 88.2 Å². The highest BCUT2D eigenvalue weighted by atomic mass is 32.2. The topological polar surface area (TPSA) is 299 Å². The molecular weight excluding hydrogens is 831 g/mol. The normalized spacial score (nSPS) is 15.6. The standard InChI is InChI=1S/C38H27N5O13S3/c44-29-16-20(9-13-27(29)40-42-35-33(59(54,55)56)19-23-15-25(11-12-26(23)37(35)46)39-24-6-2-1-3-7-24)21-10-14-28(30(45)17-21)41-43-36-32(58(51,52)53)18-22-5-4-8-31(57(48,49)50)34(22)38(36)47/h1-19,39-41,44-45H,(H,48,49,50)(H,51,52,53)(H,54,55,56)/b42-35+,43-36+. The van der Waals surface area contributed by atoms with Crippen LogP contribution in [-0.2, 0) is 30.4 Å². The summed E-state index contributed by atoms with van der Waals surface area (Å²) in [6, 6.07) is 24.8. The van der Waals surface area contributed by atoms with Crippen LogP contribution in [0.4, 0.5) is 22.7 Å². The third kappa shape index (κ3) is 8.22. The molecule has 5 aromatic carbocycles. The predicted octanol–water partition coefficient (Wildman–Crippen LogP) is 5.54. The lowest BCUT2D eigenvalue weighted by Crippen LogP contribution is -2.28. The zero-order valence-electron chi connectivity index (χ0n) is 29.6. The number of phenolic OH excluding ortho intramolecular Hbond substituents is 2. The number of carbonyl (C=O) groups excluding carboxylic acids is 2. The second-order valence-electron chi connectivity index (χ2n) is 12.7. The molecule has 0 atom stereocenters. The number of hydrogen-bond donors (Lipinski definition) is 8. The van der Waals surface area contributed by atoms with Crippen molar-refractivity contribution in [2.45, 2.75) is 4.90 Å². The van der Waals surface area contributed by atoms with Crippen molar-refractivity contribution < 1.29 is 58.7 Å². The Morgan fingerprint density at radius 1 is 0.508 bits per heavy atom. The molecule has 2 aliphatic rings. The van der Waals surface area contributed by atoms with Gasteiger partial charge in [-0.1, -0.05) is 42.5 Å². The minimum atomic E-state index is -5.11. The predicted molar refractivity (Wildman–Crippen MR) is 217 cm³/mol. The third-order valence-corrected chi connectivity index (χ3v) is 11.5. The largest absolute Gasteiger partial charge is 0.506 e. The first kappa shape index (κ1) is 40.2. The zero-order chi connectivity index (χ0) is 42.4. The van der Waals surface area contributed by atoms with E-state index in [0.29, 0.717) is 16.8 Å². The number of phenols is 2. The molecule has 0 saturated carbocycles. The van der Waals surface area contributed by atoms with Gasteiger partial charge in [0.15, 0.2) is 11.4 Å². The summed E-state index contributed by atoms with van der Waals surface area (Å²) in [5.74, 6) is -3.06. The van der Waals surface area contributed by atoms with E-state index in [0.717, 1.165) is 30.0 Å². The first-order valence-electron chi connectivity index (χ1n) is 16.7. The number of aromatic hydroxyl groups is 2. The van der Waals surface area contributed by atoms with Crippen LogP contribution in [0.25, 0.3) is 23.3 Å². The van der Waals surface area contributed by atoms with Crippen molar-refractivity contribution in [1.82, 2.24) is 0 Å². The number of nitrogens with one attached hydrogen (secondary N) is 3. The lowest BCUT2D eigenvalue weighted by molar-refractivity contribution is 0.105. The second kappa shape index (κ2) is 15.1. The first-order chi connectivity index (χ1) is 27.8. The molecule has 0 fully saturated rings. The van der Waals surface area contributed by atoms with Crippen molar-refractivity contribution in [3.63, 3.8) is 0 Å². The fraction of sp³-hybridized carbons (Fsp3) is 0. The Kier molecular flexibility index (Phi) is 10.3. The van der Waals surface area contributed by atoms with Gasteiger partial charge in [-0.3, -0.25) is 34.1 Å². The van der Waals surface area contributed by atoms with Crippen LogP contribution < -0.4 is 16.2 Å². The molecule has 0 heterocycles.